The summed E-state index contributed by atoms with van der Waals surface area (Å²) in [6.45, 7) is 3.72. The van der Waals surface area contributed by atoms with Gasteiger partial charge in [-0.1, -0.05) is 24.3 Å². The smallest absolute Gasteiger partial charge is 0.270 e. The number of halogens is 2. The lowest BCUT2D eigenvalue weighted by molar-refractivity contribution is 0.0919. The highest BCUT2D eigenvalue weighted by molar-refractivity contribution is 7.15. The van der Waals surface area contributed by atoms with Crippen molar-refractivity contribution < 1.29 is 28.0 Å². The van der Waals surface area contributed by atoms with Crippen molar-refractivity contribution in [2.24, 2.45) is 0 Å². The van der Waals surface area contributed by atoms with E-state index in [0.717, 1.165) is 57.7 Å². The number of aromatic nitrogens is 8. The summed E-state index contributed by atoms with van der Waals surface area (Å²) in [6.07, 6.45) is 5.54. The largest absolute Gasteiger partial charge is 0.347 e. The van der Waals surface area contributed by atoms with Crippen LogP contribution in [-0.2, 0) is 25.9 Å². The quantitative estimate of drug-likeness (QED) is 0.105. The number of thiophene rings is 2. The summed E-state index contributed by atoms with van der Waals surface area (Å²) in [6, 6.07) is 17.5. The maximum atomic E-state index is 13.4. The van der Waals surface area contributed by atoms with E-state index in [9.17, 15) is 28.0 Å². The Labute approximate surface area is 377 Å². The Hall–Kier alpha value is -7.70. The molecule has 0 aliphatic heterocycles. The van der Waals surface area contributed by atoms with Crippen molar-refractivity contribution in [3.05, 3.63) is 156 Å². The number of tetrazole rings is 1. The standard InChI is InChI=1S/C22H19FN8O2S.C22H18FN5O2S/c1-11-6-12(2-3-14(11)23)9-24-21(32)16-8-17(26-10-25-16)22(33)27-15-4-5-18-13(15)7-19(34-18)20-28-30-31-29-20;1-12-6-13(2-3-16(12)23)10-25-21(29)18-8-19(27-11-26-18)22(30)28-17-4-5-20-15(17)7-14(9-24)31-20/h2-3,6-8,10,15H,4-5,9H2,1H3,(H,24,32)(H,27,33)(H,28,29,30,31);2-3,6-8,11,17H,4-5,10H2,1H3,(H,25,29)(H,28,30). The molecule has 2 aliphatic carbocycles. The molecule has 0 saturated heterocycles. The van der Waals surface area contributed by atoms with Crippen LogP contribution in [0.5, 0.6) is 0 Å². The third-order valence-corrected chi connectivity index (χ3v) is 13.0. The Morgan fingerprint density at radius 3 is 1.66 bits per heavy atom. The summed E-state index contributed by atoms with van der Waals surface area (Å²) in [5, 5.41) is 34.5. The normalized spacial score (nSPS) is 14.6. The Bertz CT molecular complexity index is 2990. The lowest BCUT2D eigenvalue weighted by Gasteiger charge is -2.13. The van der Waals surface area contributed by atoms with E-state index in [1.54, 1.807) is 49.4 Å². The fourth-order valence-electron chi connectivity index (χ4n) is 7.31. The zero-order valence-corrected chi connectivity index (χ0v) is 36.2. The number of fused-ring (bicyclic) bond motifs is 2. The van der Waals surface area contributed by atoms with Gasteiger partial charge in [-0.05, 0) is 102 Å². The highest BCUT2D eigenvalue weighted by atomic mass is 32.1. The number of hydrogen-bond acceptors (Lipinski definition) is 14. The molecule has 0 radical (unpaired) electrons. The predicted octanol–water partition coefficient (Wildman–Crippen LogP) is 5.72. The molecule has 328 valence electrons. The number of carbonyl (C=O) groups excluding carboxylic acids is 4. The maximum absolute atomic E-state index is 13.4. The van der Waals surface area contributed by atoms with Crippen molar-refractivity contribution in [2.75, 3.05) is 0 Å². The molecule has 0 fully saturated rings. The van der Waals surface area contributed by atoms with Gasteiger partial charge in [0.15, 0.2) is 0 Å². The Morgan fingerprint density at radius 2 is 1.18 bits per heavy atom. The van der Waals surface area contributed by atoms with E-state index in [4.69, 9.17) is 5.26 Å². The molecule has 5 aromatic heterocycles. The number of carbonyl (C=O) groups is 4. The second-order valence-electron chi connectivity index (χ2n) is 15.1. The molecule has 21 heteroatoms. The van der Waals surface area contributed by atoms with E-state index in [1.807, 2.05) is 12.1 Å². The lowest BCUT2D eigenvalue weighted by Crippen LogP contribution is -2.29. The van der Waals surface area contributed by atoms with Gasteiger partial charge in [-0.15, -0.1) is 32.9 Å². The zero-order valence-electron chi connectivity index (χ0n) is 34.6. The number of aryl methyl sites for hydroxylation is 4. The minimum absolute atomic E-state index is 0.0633. The van der Waals surface area contributed by atoms with Crippen LogP contribution in [0.2, 0.25) is 0 Å². The molecule has 2 aromatic carbocycles. The molecule has 2 aliphatic rings. The number of nitriles is 1. The molecule has 9 rings (SSSR count). The van der Waals surface area contributed by atoms with E-state index in [2.05, 4.69) is 67.9 Å². The summed E-state index contributed by atoms with van der Waals surface area (Å²) < 4.78 is 26.8. The molecule has 65 heavy (non-hydrogen) atoms. The molecular formula is C44H37F2N13O4S2. The van der Waals surface area contributed by atoms with E-state index >= 15 is 0 Å². The average Bonchev–Trinajstić information content (AvgIpc) is 4.18. The monoisotopic (exact) mass is 913 g/mol. The third-order valence-electron chi connectivity index (χ3n) is 10.7. The molecule has 2 atom stereocenters. The van der Waals surface area contributed by atoms with Gasteiger partial charge in [0.25, 0.3) is 23.6 Å². The molecular weight excluding hydrogens is 877 g/mol. The van der Waals surface area contributed by atoms with E-state index < -0.39 is 23.6 Å². The highest BCUT2D eigenvalue weighted by Crippen LogP contribution is 2.40. The summed E-state index contributed by atoms with van der Waals surface area (Å²) in [4.78, 5) is 70.3. The fourth-order valence-corrected chi connectivity index (χ4v) is 9.52. The van der Waals surface area contributed by atoms with Crippen molar-refractivity contribution in [3.8, 4) is 16.8 Å². The van der Waals surface area contributed by atoms with E-state index in [-0.39, 0.29) is 59.6 Å². The van der Waals surface area contributed by atoms with Crippen molar-refractivity contribution in [3.63, 3.8) is 0 Å². The minimum atomic E-state index is -0.460. The molecule has 0 spiro atoms. The summed E-state index contributed by atoms with van der Waals surface area (Å²) >= 11 is 3.03. The van der Waals surface area contributed by atoms with Gasteiger partial charge in [-0.2, -0.15) is 10.5 Å². The van der Waals surface area contributed by atoms with Gasteiger partial charge in [0, 0.05) is 35.0 Å². The second-order valence-corrected chi connectivity index (χ2v) is 17.3. The van der Waals surface area contributed by atoms with Gasteiger partial charge in [0.05, 0.1) is 17.0 Å². The number of aromatic amines is 1. The van der Waals surface area contributed by atoms with Crippen LogP contribution in [-0.4, -0.2) is 64.2 Å². The van der Waals surface area contributed by atoms with Gasteiger partial charge >= 0.3 is 0 Å². The van der Waals surface area contributed by atoms with Gasteiger partial charge < -0.3 is 21.3 Å². The summed E-state index contributed by atoms with van der Waals surface area (Å²) in [5.74, 6) is -1.80. The van der Waals surface area contributed by atoms with Crippen LogP contribution >= 0.6 is 22.7 Å². The van der Waals surface area contributed by atoms with Crippen molar-refractivity contribution in [1.82, 2.24) is 61.8 Å². The van der Waals surface area contributed by atoms with Gasteiger partial charge in [-0.25, -0.2) is 28.7 Å². The number of hydrogen-bond donors (Lipinski definition) is 5. The molecule has 2 unspecified atom stereocenters. The van der Waals surface area contributed by atoms with Crippen LogP contribution in [0.25, 0.3) is 10.7 Å². The molecule has 5 N–H and O–H groups in total. The highest BCUT2D eigenvalue weighted by Gasteiger charge is 2.30. The van der Waals surface area contributed by atoms with Crippen LogP contribution in [0.15, 0.2) is 73.3 Å². The number of benzene rings is 2. The first-order valence-electron chi connectivity index (χ1n) is 20.1. The van der Waals surface area contributed by atoms with Crippen molar-refractivity contribution >= 4 is 46.3 Å². The Balaban J connectivity index is 0.000000178. The van der Waals surface area contributed by atoms with E-state index in [0.29, 0.717) is 21.8 Å². The SMILES string of the molecule is Cc1cc(CNC(=O)c2cc(C(=O)NC3CCc4sc(-c5nn[nH]n5)cc43)ncn2)ccc1F.Cc1cc(CNC(=O)c2cc(C(=O)NC3CCc4sc(C#N)cc43)ncn2)ccc1F. The van der Waals surface area contributed by atoms with Crippen LogP contribution in [0.4, 0.5) is 8.78 Å². The topological polar surface area (TPSA) is 246 Å². The number of H-pyrrole nitrogens is 1. The first kappa shape index (κ1) is 43.9. The molecule has 0 saturated carbocycles. The summed E-state index contributed by atoms with van der Waals surface area (Å²) in [7, 11) is 0. The Kier molecular flexibility index (Phi) is 13.1. The zero-order chi connectivity index (χ0) is 45.6. The molecule has 5 heterocycles. The van der Waals surface area contributed by atoms with Gasteiger partial charge in [-0.3, -0.25) is 19.2 Å². The first-order chi connectivity index (χ1) is 31.4. The van der Waals surface area contributed by atoms with Crippen LogP contribution in [0.3, 0.4) is 0 Å². The molecule has 7 aromatic rings. The summed E-state index contributed by atoms with van der Waals surface area (Å²) in [5.41, 5.74) is 4.82. The maximum Gasteiger partial charge on any atom is 0.270 e. The number of nitrogens with one attached hydrogen (secondary N) is 5. The number of amides is 4. The van der Waals surface area contributed by atoms with Crippen LogP contribution < -0.4 is 21.3 Å². The van der Waals surface area contributed by atoms with Crippen LogP contribution in [0, 0.1) is 36.8 Å². The molecule has 0 bridgehead atoms. The van der Waals surface area contributed by atoms with Crippen molar-refractivity contribution in [2.45, 2.75) is 64.7 Å². The van der Waals surface area contributed by atoms with Gasteiger partial charge in [0.2, 0.25) is 5.82 Å². The number of nitrogens with zero attached hydrogens (tertiary/aromatic N) is 8. The third kappa shape index (κ3) is 10.2. The average molecular weight is 914 g/mol. The second kappa shape index (κ2) is 19.4. The van der Waals surface area contributed by atoms with Gasteiger partial charge in [0.1, 0.15) is 58.0 Å². The number of rotatable bonds is 11. The minimum Gasteiger partial charge on any atom is -0.347 e. The molecule has 4 amide bonds. The van der Waals surface area contributed by atoms with E-state index in [1.165, 1.54) is 53.1 Å². The lowest BCUT2D eigenvalue weighted by atomic mass is 10.1. The fraction of sp³-hybridized carbons (Fsp3) is 0.227. The van der Waals surface area contributed by atoms with Crippen LogP contribution in [0.1, 0.15) is 115 Å². The predicted molar refractivity (Wildman–Crippen MR) is 232 cm³/mol. The molecule has 17 nitrogen and oxygen atoms in total. The first-order valence-corrected chi connectivity index (χ1v) is 21.8. The van der Waals surface area contributed by atoms with Crippen molar-refractivity contribution in [1.29, 1.82) is 5.26 Å². The Morgan fingerprint density at radius 1 is 0.692 bits per heavy atom.